The first-order valence-corrected chi connectivity index (χ1v) is 9.35. The molecule has 1 unspecified atom stereocenters. The second-order valence-electron chi connectivity index (χ2n) is 5.81. The standard InChI is InChI=1S/C18H37OP/c1-2-3-4-5-6-7-8-9-10-11-12-13-14-15-16-17-18-19-20/h9-10H,2-8,11-18,20H2,1H3/b10-9-. The van der Waals surface area contributed by atoms with Gasteiger partial charge >= 0.3 is 0 Å². The number of rotatable bonds is 16. The SMILES string of the molecule is CCCCCCCC/C=C\CCCCCCCCOP. The van der Waals surface area contributed by atoms with Crippen molar-refractivity contribution in [1.82, 2.24) is 0 Å². The van der Waals surface area contributed by atoms with Crippen LogP contribution in [0.1, 0.15) is 96.8 Å². The van der Waals surface area contributed by atoms with E-state index in [0.29, 0.717) is 0 Å². The second-order valence-corrected chi connectivity index (χ2v) is 6.14. The van der Waals surface area contributed by atoms with E-state index < -0.39 is 0 Å². The van der Waals surface area contributed by atoms with E-state index in [0.717, 1.165) is 6.61 Å². The van der Waals surface area contributed by atoms with Gasteiger partial charge in [-0.3, -0.25) is 0 Å². The summed E-state index contributed by atoms with van der Waals surface area (Å²) in [4.78, 5) is 0. The molecule has 0 fully saturated rings. The van der Waals surface area contributed by atoms with Crippen molar-refractivity contribution in [2.75, 3.05) is 6.61 Å². The van der Waals surface area contributed by atoms with E-state index in [4.69, 9.17) is 4.52 Å². The minimum absolute atomic E-state index is 0.895. The molecule has 0 bridgehead atoms. The van der Waals surface area contributed by atoms with Gasteiger partial charge in [-0.25, -0.2) is 0 Å². The lowest BCUT2D eigenvalue weighted by Crippen LogP contribution is -1.84. The maximum atomic E-state index is 4.97. The predicted molar refractivity (Wildman–Crippen MR) is 95.1 cm³/mol. The molecule has 0 saturated heterocycles. The van der Waals surface area contributed by atoms with Gasteiger partial charge in [0.1, 0.15) is 0 Å². The van der Waals surface area contributed by atoms with Crippen LogP contribution in [-0.2, 0) is 4.52 Å². The molecule has 1 nitrogen and oxygen atoms in total. The molecule has 0 aliphatic rings. The minimum Gasteiger partial charge on any atom is -0.366 e. The van der Waals surface area contributed by atoms with Gasteiger partial charge in [0, 0.05) is 9.47 Å². The third kappa shape index (κ3) is 18.1. The molecule has 0 aromatic rings. The van der Waals surface area contributed by atoms with Gasteiger partial charge in [0.05, 0.1) is 6.61 Å². The van der Waals surface area contributed by atoms with Crippen molar-refractivity contribution < 1.29 is 4.52 Å². The molecule has 120 valence electrons. The summed E-state index contributed by atoms with van der Waals surface area (Å²) in [6.45, 7) is 3.17. The van der Waals surface area contributed by atoms with E-state index in [1.54, 1.807) is 0 Å². The fraction of sp³-hybridized carbons (Fsp3) is 0.889. The Labute approximate surface area is 130 Å². The highest BCUT2D eigenvalue weighted by atomic mass is 31.0. The Kier molecular flexibility index (Phi) is 19.3. The molecule has 0 rings (SSSR count). The minimum atomic E-state index is 0.895. The fourth-order valence-corrected chi connectivity index (χ4v) is 2.60. The highest BCUT2D eigenvalue weighted by Crippen LogP contribution is 2.10. The molecule has 0 amide bonds. The Hall–Kier alpha value is 0.130. The van der Waals surface area contributed by atoms with Crippen LogP contribution in [0.3, 0.4) is 0 Å². The largest absolute Gasteiger partial charge is 0.366 e. The average Bonchev–Trinajstić information content (AvgIpc) is 2.47. The van der Waals surface area contributed by atoms with Crippen LogP contribution in [0.25, 0.3) is 0 Å². The van der Waals surface area contributed by atoms with E-state index in [2.05, 4.69) is 28.5 Å². The molecule has 0 spiro atoms. The first-order valence-electron chi connectivity index (χ1n) is 8.88. The van der Waals surface area contributed by atoms with E-state index in [9.17, 15) is 0 Å². The van der Waals surface area contributed by atoms with Gasteiger partial charge in [0.2, 0.25) is 0 Å². The molecule has 20 heavy (non-hydrogen) atoms. The maximum Gasteiger partial charge on any atom is 0.0501 e. The third-order valence-electron chi connectivity index (χ3n) is 3.77. The first kappa shape index (κ1) is 20.1. The third-order valence-corrected chi connectivity index (χ3v) is 4.01. The highest BCUT2D eigenvalue weighted by molar-refractivity contribution is 7.09. The van der Waals surface area contributed by atoms with Gasteiger partial charge in [-0.2, -0.15) is 0 Å². The Bertz CT molecular complexity index is 192. The van der Waals surface area contributed by atoms with Gasteiger partial charge in [-0.1, -0.05) is 76.9 Å². The van der Waals surface area contributed by atoms with Crippen LogP contribution in [0.4, 0.5) is 0 Å². The topological polar surface area (TPSA) is 9.23 Å². The Morgan fingerprint density at radius 2 is 1.10 bits per heavy atom. The van der Waals surface area contributed by atoms with E-state index in [1.165, 1.54) is 89.9 Å². The molecule has 0 aliphatic heterocycles. The van der Waals surface area contributed by atoms with Gasteiger partial charge in [0.25, 0.3) is 0 Å². The van der Waals surface area contributed by atoms with Crippen molar-refractivity contribution in [3.8, 4) is 0 Å². The van der Waals surface area contributed by atoms with Crippen LogP contribution >= 0.6 is 9.47 Å². The van der Waals surface area contributed by atoms with Gasteiger partial charge in [-0.05, 0) is 32.1 Å². The van der Waals surface area contributed by atoms with Gasteiger partial charge in [0.15, 0.2) is 0 Å². The normalized spacial score (nSPS) is 11.5. The summed E-state index contributed by atoms with van der Waals surface area (Å²) in [6.07, 6.45) is 23.9. The predicted octanol–water partition coefficient (Wildman–Crippen LogP) is 6.83. The molecule has 2 heteroatoms. The lowest BCUT2D eigenvalue weighted by molar-refractivity contribution is 0.353. The number of hydrogen-bond acceptors (Lipinski definition) is 1. The van der Waals surface area contributed by atoms with Crippen LogP contribution in [0.2, 0.25) is 0 Å². The molecule has 0 heterocycles. The first-order chi connectivity index (χ1) is 9.91. The smallest absolute Gasteiger partial charge is 0.0501 e. The molecule has 0 radical (unpaired) electrons. The van der Waals surface area contributed by atoms with Gasteiger partial charge in [-0.15, -0.1) is 0 Å². The number of allylic oxidation sites excluding steroid dienone is 2. The monoisotopic (exact) mass is 300 g/mol. The number of unbranched alkanes of at least 4 members (excludes halogenated alkanes) is 12. The van der Waals surface area contributed by atoms with Crippen molar-refractivity contribution in [2.45, 2.75) is 96.8 Å². The quantitative estimate of drug-likeness (QED) is 0.172. The molecule has 0 aliphatic carbocycles. The zero-order valence-corrected chi connectivity index (χ0v) is 14.9. The second kappa shape index (κ2) is 19.1. The van der Waals surface area contributed by atoms with E-state index >= 15 is 0 Å². The van der Waals surface area contributed by atoms with Crippen LogP contribution in [0.15, 0.2) is 12.2 Å². The highest BCUT2D eigenvalue weighted by Gasteiger charge is 1.91. The Morgan fingerprint density at radius 1 is 0.650 bits per heavy atom. The van der Waals surface area contributed by atoms with Gasteiger partial charge < -0.3 is 4.52 Å². The van der Waals surface area contributed by atoms with E-state index in [-0.39, 0.29) is 0 Å². The lowest BCUT2D eigenvalue weighted by Gasteiger charge is -2.00. The van der Waals surface area contributed by atoms with Crippen molar-refractivity contribution in [2.24, 2.45) is 0 Å². The average molecular weight is 300 g/mol. The van der Waals surface area contributed by atoms with Crippen molar-refractivity contribution >= 4 is 9.47 Å². The van der Waals surface area contributed by atoms with Crippen molar-refractivity contribution in [1.29, 1.82) is 0 Å². The van der Waals surface area contributed by atoms with Crippen molar-refractivity contribution in [3.63, 3.8) is 0 Å². The van der Waals surface area contributed by atoms with Crippen LogP contribution in [-0.4, -0.2) is 6.61 Å². The van der Waals surface area contributed by atoms with Crippen molar-refractivity contribution in [3.05, 3.63) is 12.2 Å². The van der Waals surface area contributed by atoms with Crippen LogP contribution in [0.5, 0.6) is 0 Å². The number of hydrogen-bond donors (Lipinski definition) is 0. The van der Waals surface area contributed by atoms with Crippen LogP contribution in [0, 0.1) is 0 Å². The molecular formula is C18H37OP. The zero-order chi connectivity index (χ0) is 14.7. The Morgan fingerprint density at radius 3 is 1.60 bits per heavy atom. The molecule has 0 saturated carbocycles. The fourth-order valence-electron chi connectivity index (χ4n) is 2.43. The maximum absolute atomic E-state index is 4.97. The summed E-state index contributed by atoms with van der Waals surface area (Å²) >= 11 is 0. The molecular weight excluding hydrogens is 263 g/mol. The molecule has 0 N–H and O–H groups in total. The lowest BCUT2D eigenvalue weighted by atomic mass is 10.1. The molecule has 1 atom stereocenters. The summed E-state index contributed by atoms with van der Waals surface area (Å²) in [7, 11) is 2.32. The van der Waals surface area contributed by atoms with Crippen LogP contribution < -0.4 is 0 Å². The Balaban J connectivity index is 3.01. The van der Waals surface area contributed by atoms with E-state index in [1.807, 2.05) is 0 Å². The summed E-state index contributed by atoms with van der Waals surface area (Å²) in [5.74, 6) is 0. The molecule has 0 aromatic heterocycles. The summed E-state index contributed by atoms with van der Waals surface area (Å²) in [5.41, 5.74) is 0. The zero-order valence-electron chi connectivity index (χ0n) is 13.7. The summed E-state index contributed by atoms with van der Waals surface area (Å²) in [6, 6.07) is 0. The summed E-state index contributed by atoms with van der Waals surface area (Å²) in [5, 5.41) is 0. The molecule has 0 aromatic carbocycles. The summed E-state index contributed by atoms with van der Waals surface area (Å²) < 4.78 is 4.97.